The van der Waals surface area contributed by atoms with Gasteiger partial charge in [0.05, 0.1) is 26.9 Å². The molecule has 6 heteroatoms. The van der Waals surface area contributed by atoms with Crippen molar-refractivity contribution in [2.75, 3.05) is 27.4 Å². The van der Waals surface area contributed by atoms with Crippen LogP contribution >= 0.6 is 0 Å². The molecule has 0 aliphatic carbocycles. The number of nitrogens with one attached hydrogen (secondary N) is 2. The summed E-state index contributed by atoms with van der Waals surface area (Å²) < 4.78 is 16.2. The summed E-state index contributed by atoms with van der Waals surface area (Å²) in [7, 11) is 3.21. The first-order valence-corrected chi connectivity index (χ1v) is 8.58. The Morgan fingerprint density at radius 2 is 1.81 bits per heavy atom. The maximum absolute atomic E-state index is 12.1. The third-order valence-electron chi connectivity index (χ3n) is 3.87. The standard InChI is InChI=1S/C20H26N2O4/c1-15(18-14-17(24-2)10-11-19(18)25-3)22-20(23)21-12-7-13-26-16-8-5-4-6-9-16/h4-6,8-11,14-15H,7,12-13H2,1-3H3,(H2,21,22,23). The summed E-state index contributed by atoms with van der Waals surface area (Å²) in [5.41, 5.74) is 0.856. The third kappa shape index (κ3) is 5.88. The molecule has 2 amide bonds. The first-order valence-electron chi connectivity index (χ1n) is 8.58. The van der Waals surface area contributed by atoms with Crippen molar-refractivity contribution in [3.8, 4) is 17.2 Å². The van der Waals surface area contributed by atoms with Crippen LogP contribution in [0.25, 0.3) is 0 Å². The molecule has 0 aliphatic heterocycles. The van der Waals surface area contributed by atoms with Gasteiger partial charge in [0.2, 0.25) is 0 Å². The first kappa shape index (κ1) is 19.4. The molecule has 2 rings (SSSR count). The number of para-hydroxylation sites is 1. The molecule has 0 saturated heterocycles. The highest BCUT2D eigenvalue weighted by molar-refractivity contribution is 5.74. The molecule has 0 fully saturated rings. The van der Waals surface area contributed by atoms with Gasteiger partial charge in [0, 0.05) is 12.1 Å². The molecule has 2 aromatic rings. The third-order valence-corrected chi connectivity index (χ3v) is 3.87. The van der Waals surface area contributed by atoms with Crippen LogP contribution in [0.2, 0.25) is 0 Å². The van der Waals surface area contributed by atoms with Crippen LogP contribution in [0.15, 0.2) is 48.5 Å². The van der Waals surface area contributed by atoms with E-state index in [-0.39, 0.29) is 12.1 Å². The molecular weight excluding hydrogens is 332 g/mol. The molecule has 1 atom stereocenters. The number of rotatable bonds is 9. The lowest BCUT2D eigenvalue weighted by atomic mass is 10.1. The zero-order valence-electron chi connectivity index (χ0n) is 15.5. The number of hydrogen-bond donors (Lipinski definition) is 2. The maximum atomic E-state index is 12.1. The highest BCUT2D eigenvalue weighted by atomic mass is 16.5. The fraction of sp³-hybridized carbons (Fsp3) is 0.350. The molecule has 6 nitrogen and oxygen atoms in total. The lowest BCUT2D eigenvalue weighted by molar-refractivity contribution is 0.236. The van der Waals surface area contributed by atoms with E-state index in [2.05, 4.69) is 10.6 Å². The summed E-state index contributed by atoms with van der Waals surface area (Å²) in [6.07, 6.45) is 0.721. The second kappa shape index (κ2) is 10.2. The summed E-state index contributed by atoms with van der Waals surface area (Å²) in [5, 5.41) is 5.74. The number of ether oxygens (including phenoxy) is 3. The van der Waals surface area contributed by atoms with Gasteiger partial charge in [0.1, 0.15) is 17.2 Å². The second-order valence-corrected chi connectivity index (χ2v) is 5.74. The van der Waals surface area contributed by atoms with Gasteiger partial charge in [-0.25, -0.2) is 4.79 Å². The van der Waals surface area contributed by atoms with Gasteiger partial charge in [0.15, 0.2) is 0 Å². The van der Waals surface area contributed by atoms with E-state index < -0.39 is 0 Å². The average molecular weight is 358 g/mol. The molecule has 2 N–H and O–H groups in total. The van der Waals surface area contributed by atoms with Gasteiger partial charge >= 0.3 is 6.03 Å². The smallest absolute Gasteiger partial charge is 0.315 e. The molecular formula is C20H26N2O4. The molecule has 1 unspecified atom stereocenters. The number of hydrogen-bond acceptors (Lipinski definition) is 4. The quantitative estimate of drug-likeness (QED) is 0.673. The number of carbonyl (C=O) groups excluding carboxylic acids is 1. The predicted octanol–water partition coefficient (Wildman–Crippen LogP) is 3.53. The fourth-order valence-electron chi connectivity index (χ4n) is 2.48. The van der Waals surface area contributed by atoms with Crippen molar-refractivity contribution in [3.63, 3.8) is 0 Å². The van der Waals surface area contributed by atoms with Crippen LogP contribution < -0.4 is 24.8 Å². The number of methoxy groups -OCH3 is 2. The summed E-state index contributed by atoms with van der Waals surface area (Å²) in [5.74, 6) is 2.25. The Balaban J connectivity index is 1.75. The van der Waals surface area contributed by atoms with Gasteiger partial charge in [-0.1, -0.05) is 18.2 Å². The van der Waals surface area contributed by atoms with Crippen molar-refractivity contribution in [2.45, 2.75) is 19.4 Å². The first-order chi connectivity index (χ1) is 12.6. The minimum absolute atomic E-state index is 0.222. The number of urea groups is 1. The van der Waals surface area contributed by atoms with Gasteiger partial charge in [-0.3, -0.25) is 0 Å². The van der Waals surface area contributed by atoms with Gasteiger partial charge in [-0.15, -0.1) is 0 Å². The van der Waals surface area contributed by atoms with Gasteiger partial charge < -0.3 is 24.8 Å². The largest absolute Gasteiger partial charge is 0.497 e. The SMILES string of the molecule is COc1ccc(OC)c(C(C)NC(=O)NCCCOc2ccccc2)c1. The van der Waals surface area contributed by atoms with Gasteiger partial charge in [-0.05, 0) is 43.7 Å². The fourth-order valence-corrected chi connectivity index (χ4v) is 2.48. The summed E-state index contributed by atoms with van der Waals surface area (Å²) in [6.45, 7) is 2.97. The minimum atomic E-state index is -0.234. The van der Waals surface area contributed by atoms with Crippen molar-refractivity contribution in [1.82, 2.24) is 10.6 Å². The van der Waals surface area contributed by atoms with Crippen LogP contribution in [0.3, 0.4) is 0 Å². The maximum Gasteiger partial charge on any atom is 0.315 e. The molecule has 2 aromatic carbocycles. The summed E-state index contributed by atoms with van der Waals surface area (Å²) in [4.78, 5) is 12.1. The van der Waals surface area contributed by atoms with E-state index in [1.807, 2.05) is 55.5 Å². The van der Waals surface area contributed by atoms with Crippen molar-refractivity contribution in [1.29, 1.82) is 0 Å². The Morgan fingerprint density at radius 1 is 1.04 bits per heavy atom. The number of benzene rings is 2. The lowest BCUT2D eigenvalue weighted by Gasteiger charge is -2.18. The van der Waals surface area contributed by atoms with E-state index in [4.69, 9.17) is 14.2 Å². The summed E-state index contributed by atoms with van der Waals surface area (Å²) >= 11 is 0. The second-order valence-electron chi connectivity index (χ2n) is 5.74. The lowest BCUT2D eigenvalue weighted by Crippen LogP contribution is -2.38. The molecule has 140 valence electrons. The predicted molar refractivity (Wildman–Crippen MR) is 101 cm³/mol. The Hall–Kier alpha value is -2.89. The normalized spacial score (nSPS) is 11.3. The van der Waals surface area contributed by atoms with Crippen LogP contribution in [0.1, 0.15) is 24.9 Å². The molecule has 0 spiro atoms. The van der Waals surface area contributed by atoms with E-state index >= 15 is 0 Å². The molecule has 0 aliphatic rings. The molecule has 0 bridgehead atoms. The molecule has 0 saturated carbocycles. The van der Waals surface area contributed by atoms with Crippen molar-refractivity contribution < 1.29 is 19.0 Å². The average Bonchev–Trinajstić information content (AvgIpc) is 2.67. The Morgan fingerprint density at radius 3 is 2.50 bits per heavy atom. The molecule has 26 heavy (non-hydrogen) atoms. The van der Waals surface area contributed by atoms with Crippen LogP contribution in [0, 0.1) is 0 Å². The summed E-state index contributed by atoms with van der Waals surface area (Å²) in [6, 6.07) is 14.7. The Labute approximate surface area is 154 Å². The Kier molecular flexibility index (Phi) is 7.61. The zero-order valence-corrected chi connectivity index (χ0v) is 15.5. The minimum Gasteiger partial charge on any atom is -0.497 e. The van der Waals surface area contributed by atoms with Crippen LogP contribution in [-0.4, -0.2) is 33.4 Å². The van der Waals surface area contributed by atoms with E-state index in [1.165, 1.54) is 0 Å². The van der Waals surface area contributed by atoms with E-state index in [1.54, 1.807) is 14.2 Å². The van der Waals surface area contributed by atoms with Gasteiger partial charge in [0.25, 0.3) is 0 Å². The highest BCUT2D eigenvalue weighted by Gasteiger charge is 2.15. The van der Waals surface area contributed by atoms with E-state index in [0.29, 0.717) is 24.7 Å². The van der Waals surface area contributed by atoms with E-state index in [0.717, 1.165) is 17.7 Å². The van der Waals surface area contributed by atoms with Crippen molar-refractivity contribution in [2.24, 2.45) is 0 Å². The molecule has 0 radical (unpaired) electrons. The monoisotopic (exact) mass is 358 g/mol. The van der Waals surface area contributed by atoms with Gasteiger partial charge in [-0.2, -0.15) is 0 Å². The van der Waals surface area contributed by atoms with Crippen molar-refractivity contribution in [3.05, 3.63) is 54.1 Å². The number of amides is 2. The zero-order chi connectivity index (χ0) is 18.8. The van der Waals surface area contributed by atoms with Crippen LogP contribution in [-0.2, 0) is 0 Å². The molecule has 0 aromatic heterocycles. The topological polar surface area (TPSA) is 68.8 Å². The molecule has 0 heterocycles. The van der Waals surface area contributed by atoms with Crippen molar-refractivity contribution >= 4 is 6.03 Å². The van der Waals surface area contributed by atoms with E-state index in [9.17, 15) is 4.79 Å². The highest BCUT2D eigenvalue weighted by Crippen LogP contribution is 2.29. The number of carbonyl (C=O) groups is 1. The van der Waals surface area contributed by atoms with Crippen LogP contribution in [0.5, 0.6) is 17.2 Å². The Bertz CT molecular complexity index is 691. The van der Waals surface area contributed by atoms with Crippen LogP contribution in [0.4, 0.5) is 4.79 Å².